The Morgan fingerprint density at radius 2 is 2.24 bits per heavy atom. The molecule has 0 aromatic carbocycles. The summed E-state index contributed by atoms with van der Waals surface area (Å²) in [5.74, 6) is -0.258. The molecule has 0 radical (unpaired) electrons. The highest BCUT2D eigenvalue weighted by atomic mass is 32.1. The van der Waals surface area contributed by atoms with Gasteiger partial charge in [-0.25, -0.2) is 9.61 Å². The molecule has 17 heavy (non-hydrogen) atoms. The zero-order valence-corrected chi connectivity index (χ0v) is 10.4. The number of rotatable bonds is 4. The number of amides is 1. The smallest absolute Gasteiger partial charge is 0.275 e. The third-order valence-electron chi connectivity index (χ3n) is 2.35. The lowest BCUT2D eigenvalue weighted by molar-refractivity contribution is 0.0944. The van der Waals surface area contributed by atoms with Gasteiger partial charge in [-0.15, -0.1) is 11.3 Å². The molecule has 0 fully saturated rings. The van der Waals surface area contributed by atoms with Crippen molar-refractivity contribution < 1.29 is 9.42 Å². The van der Waals surface area contributed by atoms with Crippen LogP contribution < -0.4 is 5.32 Å². The Morgan fingerprint density at radius 3 is 2.82 bits per heavy atom. The summed E-state index contributed by atoms with van der Waals surface area (Å²) in [6.45, 7) is 4.19. The van der Waals surface area contributed by atoms with Crippen molar-refractivity contribution in [2.75, 3.05) is 6.54 Å². The molecule has 0 unspecified atom stereocenters. The van der Waals surface area contributed by atoms with E-state index in [2.05, 4.69) is 25.2 Å². The summed E-state index contributed by atoms with van der Waals surface area (Å²) in [6.07, 6.45) is 0.770. The lowest BCUT2D eigenvalue weighted by Gasteiger charge is -2.01. The summed E-state index contributed by atoms with van der Waals surface area (Å²) in [7, 11) is 0. The first-order chi connectivity index (χ1) is 8.18. The summed E-state index contributed by atoms with van der Waals surface area (Å²) in [5, 5.41) is 9.86. The Hall–Kier alpha value is -1.76. The van der Waals surface area contributed by atoms with Crippen LogP contribution in [0.1, 0.15) is 26.8 Å². The van der Waals surface area contributed by atoms with Crippen molar-refractivity contribution >= 4 is 17.2 Å². The maximum atomic E-state index is 11.7. The van der Waals surface area contributed by atoms with Gasteiger partial charge in [0.25, 0.3) is 5.91 Å². The highest BCUT2D eigenvalue weighted by Gasteiger charge is 2.14. The van der Waals surface area contributed by atoms with Crippen LogP contribution in [-0.4, -0.2) is 27.7 Å². The van der Waals surface area contributed by atoms with Crippen LogP contribution in [0.15, 0.2) is 10.1 Å². The average Bonchev–Trinajstić information content (AvgIpc) is 2.88. The second-order valence-corrected chi connectivity index (χ2v) is 4.50. The zero-order chi connectivity index (χ0) is 12.3. The van der Waals surface area contributed by atoms with Gasteiger partial charge in [-0.05, 0) is 19.0 Å². The van der Waals surface area contributed by atoms with Gasteiger partial charge in [-0.3, -0.25) is 4.79 Å². The minimum absolute atomic E-state index is 0.242. The number of hydrogen-bond donors (Lipinski definition) is 1. The van der Waals surface area contributed by atoms with Crippen LogP contribution in [0.5, 0.6) is 0 Å². The van der Waals surface area contributed by atoms with Gasteiger partial charge in [0.05, 0.1) is 11.2 Å². The molecule has 2 heterocycles. The van der Waals surface area contributed by atoms with Gasteiger partial charge in [0.15, 0.2) is 5.69 Å². The largest absolute Gasteiger partial charge is 0.350 e. The van der Waals surface area contributed by atoms with Crippen molar-refractivity contribution in [3.8, 4) is 0 Å². The molecule has 0 spiro atoms. The van der Waals surface area contributed by atoms with Crippen LogP contribution in [0, 0.1) is 13.8 Å². The first-order valence-corrected chi connectivity index (χ1v) is 6.02. The van der Waals surface area contributed by atoms with Crippen LogP contribution in [-0.2, 0) is 6.42 Å². The van der Waals surface area contributed by atoms with Crippen LogP contribution in [0.25, 0.3) is 0 Å². The van der Waals surface area contributed by atoms with Crippen LogP contribution >= 0.6 is 11.3 Å². The number of thiazole rings is 1. The maximum absolute atomic E-state index is 11.7. The van der Waals surface area contributed by atoms with E-state index in [1.54, 1.807) is 23.8 Å². The highest BCUT2D eigenvalue weighted by Crippen LogP contribution is 2.12. The molecule has 2 aromatic heterocycles. The first kappa shape index (κ1) is 11.7. The molecule has 2 aromatic rings. The van der Waals surface area contributed by atoms with E-state index in [4.69, 9.17) is 0 Å². The van der Waals surface area contributed by atoms with Gasteiger partial charge in [-0.1, -0.05) is 5.16 Å². The van der Waals surface area contributed by atoms with Crippen molar-refractivity contribution in [2.24, 2.45) is 0 Å². The number of nitrogens with one attached hydrogen (secondary N) is 1. The lowest BCUT2D eigenvalue weighted by atomic mass is 10.3. The molecule has 1 amide bonds. The van der Waals surface area contributed by atoms with E-state index < -0.39 is 0 Å². The molecule has 6 nitrogen and oxygen atoms in total. The predicted molar refractivity (Wildman–Crippen MR) is 61.9 cm³/mol. The summed E-state index contributed by atoms with van der Waals surface area (Å²) in [5.41, 5.74) is 3.56. The molecule has 0 saturated carbocycles. The topological polar surface area (TPSA) is 80.9 Å². The van der Waals surface area contributed by atoms with E-state index in [0.29, 0.717) is 12.2 Å². The molecule has 0 aliphatic rings. The van der Waals surface area contributed by atoms with Crippen LogP contribution in [0.2, 0.25) is 0 Å². The summed E-state index contributed by atoms with van der Waals surface area (Å²) >= 11 is 1.59. The van der Waals surface area contributed by atoms with Gasteiger partial charge in [0.1, 0.15) is 5.69 Å². The highest BCUT2D eigenvalue weighted by molar-refractivity contribution is 7.09. The number of aromatic nitrogens is 3. The number of nitrogens with zero attached hydrogens (tertiary/aromatic N) is 3. The molecule has 0 bridgehead atoms. The van der Waals surface area contributed by atoms with Gasteiger partial charge < -0.3 is 5.32 Å². The Morgan fingerprint density at radius 1 is 1.41 bits per heavy atom. The zero-order valence-electron chi connectivity index (χ0n) is 9.56. The van der Waals surface area contributed by atoms with Crippen LogP contribution in [0.3, 0.4) is 0 Å². The Bertz CT molecular complexity index is 520. The molecule has 0 saturated heterocycles. The molecule has 2 rings (SSSR count). The summed E-state index contributed by atoms with van der Waals surface area (Å²) in [4.78, 5) is 17.0. The van der Waals surface area contributed by atoms with E-state index in [1.807, 2.05) is 6.92 Å². The molecular formula is C10H12N4O2S. The second-order valence-electron chi connectivity index (χ2n) is 3.57. The van der Waals surface area contributed by atoms with Gasteiger partial charge in [-0.2, -0.15) is 0 Å². The molecule has 1 N–H and O–H groups in total. The fourth-order valence-corrected chi connectivity index (χ4v) is 2.16. The molecule has 0 aliphatic carbocycles. The fourth-order valence-electron chi connectivity index (χ4n) is 1.38. The van der Waals surface area contributed by atoms with Crippen molar-refractivity contribution in [3.63, 3.8) is 0 Å². The van der Waals surface area contributed by atoms with E-state index in [0.717, 1.165) is 12.1 Å². The average molecular weight is 252 g/mol. The standard InChI is InChI=1S/C10H12N4O2S/c1-6-8(17-5-12-6)3-4-11-10(15)9-7(2)13-16-14-9/h5H,3-4H2,1-2H3,(H,11,15). The van der Waals surface area contributed by atoms with Gasteiger partial charge in [0.2, 0.25) is 0 Å². The van der Waals surface area contributed by atoms with E-state index >= 15 is 0 Å². The van der Waals surface area contributed by atoms with Gasteiger partial charge in [0, 0.05) is 17.8 Å². The molecule has 7 heteroatoms. The number of aryl methyl sites for hydroxylation is 2. The van der Waals surface area contributed by atoms with Gasteiger partial charge >= 0.3 is 0 Å². The number of carbonyl (C=O) groups is 1. The summed E-state index contributed by atoms with van der Waals surface area (Å²) < 4.78 is 4.47. The Balaban J connectivity index is 1.86. The Labute approximate surface area is 102 Å². The van der Waals surface area contributed by atoms with Crippen molar-refractivity contribution in [1.29, 1.82) is 0 Å². The third kappa shape index (κ3) is 2.68. The summed E-state index contributed by atoms with van der Waals surface area (Å²) in [6, 6.07) is 0. The predicted octanol–water partition coefficient (Wildman–Crippen LogP) is 1.12. The van der Waals surface area contributed by atoms with Crippen molar-refractivity contribution in [1.82, 2.24) is 20.6 Å². The van der Waals surface area contributed by atoms with E-state index in [-0.39, 0.29) is 11.6 Å². The normalized spacial score (nSPS) is 10.5. The fraction of sp³-hybridized carbons (Fsp3) is 0.400. The van der Waals surface area contributed by atoms with Crippen LogP contribution in [0.4, 0.5) is 0 Å². The monoisotopic (exact) mass is 252 g/mol. The SMILES string of the molecule is Cc1nonc1C(=O)NCCc1scnc1C. The second kappa shape index (κ2) is 5.05. The minimum atomic E-state index is -0.258. The number of carbonyl (C=O) groups excluding carboxylic acids is 1. The third-order valence-corrected chi connectivity index (χ3v) is 3.34. The Kier molecular flexibility index (Phi) is 3.48. The van der Waals surface area contributed by atoms with Crippen molar-refractivity contribution in [3.05, 3.63) is 27.5 Å². The lowest BCUT2D eigenvalue weighted by Crippen LogP contribution is -2.26. The maximum Gasteiger partial charge on any atom is 0.275 e. The molecular weight excluding hydrogens is 240 g/mol. The number of hydrogen-bond acceptors (Lipinski definition) is 6. The van der Waals surface area contributed by atoms with Crippen molar-refractivity contribution in [2.45, 2.75) is 20.3 Å². The van der Waals surface area contributed by atoms with E-state index in [1.165, 1.54) is 4.88 Å². The quantitative estimate of drug-likeness (QED) is 0.881. The molecule has 0 aliphatic heterocycles. The minimum Gasteiger partial charge on any atom is -0.350 e. The molecule has 0 atom stereocenters. The van der Waals surface area contributed by atoms with E-state index in [9.17, 15) is 4.79 Å². The first-order valence-electron chi connectivity index (χ1n) is 5.15. The molecule has 90 valence electrons.